The fraction of sp³-hybridized carbons (Fsp3) is 0. The van der Waals surface area contributed by atoms with E-state index in [1.54, 1.807) is 0 Å². The summed E-state index contributed by atoms with van der Waals surface area (Å²) in [6.07, 6.45) is 0. The minimum absolute atomic E-state index is 0.0433. The number of ether oxygens (including phenoxy) is 1. The van der Waals surface area contributed by atoms with Crippen molar-refractivity contribution in [2.45, 2.75) is 0 Å². The van der Waals surface area contributed by atoms with Crippen LogP contribution in [0.25, 0.3) is 0 Å². The Labute approximate surface area is 118 Å². The molecule has 0 aromatic heterocycles. The van der Waals surface area contributed by atoms with E-state index in [1.165, 1.54) is 24.3 Å². The van der Waals surface area contributed by atoms with E-state index in [-0.39, 0.29) is 22.7 Å². The first-order valence-corrected chi connectivity index (χ1v) is 5.78. The van der Waals surface area contributed by atoms with E-state index in [0.717, 1.165) is 12.1 Å². The van der Waals surface area contributed by atoms with E-state index in [0.29, 0.717) is 0 Å². The number of nitrogen functional groups attached to an aromatic ring is 1. The van der Waals surface area contributed by atoms with E-state index in [9.17, 15) is 14.0 Å². The SMILES string of the molecule is NC(=O)c1cccc(Oc2cc(F)c(C(=O)O)cc2N)c1. The van der Waals surface area contributed by atoms with E-state index < -0.39 is 23.3 Å². The maximum absolute atomic E-state index is 13.6. The molecule has 0 bridgehead atoms. The number of carboxylic acid groups (broad SMARTS) is 1. The maximum Gasteiger partial charge on any atom is 0.338 e. The van der Waals surface area contributed by atoms with Gasteiger partial charge >= 0.3 is 5.97 Å². The molecule has 0 unspecified atom stereocenters. The number of aromatic carboxylic acids is 1. The average Bonchev–Trinajstić information content (AvgIpc) is 2.42. The van der Waals surface area contributed by atoms with Crippen LogP contribution in [0.1, 0.15) is 20.7 Å². The summed E-state index contributed by atoms with van der Waals surface area (Å²) >= 11 is 0. The predicted octanol–water partition coefficient (Wildman–Crippen LogP) is 2.00. The number of carbonyl (C=O) groups is 2. The summed E-state index contributed by atoms with van der Waals surface area (Å²) in [7, 11) is 0. The molecule has 6 nitrogen and oxygen atoms in total. The van der Waals surface area contributed by atoms with Crippen molar-refractivity contribution in [1.29, 1.82) is 0 Å². The van der Waals surface area contributed by atoms with Crippen LogP contribution in [0.5, 0.6) is 11.5 Å². The van der Waals surface area contributed by atoms with Crippen molar-refractivity contribution in [2.24, 2.45) is 5.73 Å². The first kappa shape index (κ1) is 14.3. The van der Waals surface area contributed by atoms with Gasteiger partial charge in [0.15, 0.2) is 5.75 Å². The molecule has 1 amide bonds. The van der Waals surface area contributed by atoms with Gasteiger partial charge in [-0.1, -0.05) is 6.07 Å². The normalized spacial score (nSPS) is 10.1. The number of primary amides is 1. The molecular formula is C14H11FN2O4. The van der Waals surface area contributed by atoms with Crippen molar-refractivity contribution < 1.29 is 23.8 Å². The molecule has 7 heteroatoms. The molecule has 0 spiro atoms. The Hall–Kier alpha value is -3.09. The largest absolute Gasteiger partial charge is 0.478 e. The smallest absolute Gasteiger partial charge is 0.338 e. The molecule has 0 fully saturated rings. The second-order valence-electron chi connectivity index (χ2n) is 4.17. The third-order valence-corrected chi connectivity index (χ3v) is 2.68. The molecule has 0 aliphatic heterocycles. The quantitative estimate of drug-likeness (QED) is 0.745. The lowest BCUT2D eigenvalue weighted by molar-refractivity contribution is 0.0691. The highest BCUT2D eigenvalue weighted by Crippen LogP contribution is 2.30. The number of nitrogens with two attached hydrogens (primary N) is 2. The Bertz CT molecular complexity index is 731. The Morgan fingerprint density at radius 1 is 1.19 bits per heavy atom. The number of carbonyl (C=O) groups excluding carboxylic acids is 1. The van der Waals surface area contributed by atoms with Crippen LogP contribution < -0.4 is 16.2 Å². The first-order valence-electron chi connectivity index (χ1n) is 5.78. The molecule has 0 aliphatic carbocycles. The zero-order valence-corrected chi connectivity index (χ0v) is 10.7. The molecule has 108 valence electrons. The van der Waals surface area contributed by atoms with Crippen molar-refractivity contribution in [2.75, 3.05) is 5.73 Å². The van der Waals surface area contributed by atoms with Crippen molar-refractivity contribution in [3.63, 3.8) is 0 Å². The van der Waals surface area contributed by atoms with Gasteiger partial charge in [0.1, 0.15) is 11.6 Å². The van der Waals surface area contributed by atoms with Gasteiger partial charge in [-0.3, -0.25) is 4.79 Å². The molecule has 0 aliphatic rings. The van der Waals surface area contributed by atoms with E-state index in [2.05, 4.69) is 0 Å². The van der Waals surface area contributed by atoms with Crippen LogP contribution in [-0.2, 0) is 0 Å². The molecular weight excluding hydrogens is 279 g/mol. The van der Waals surface area contributed by atoms with Gasteiger partial charge in [-0.25, -0.2) is 9.18 Å². The van der Waals surface area contributed by atoms with Crippen LogP contribution in [0.2, 0.25) is 0 Å². The average molecular weight is 290 g/mol. The zero-order chi connectivity index (χ0) is 15.6. The van der Waals surface area contributed by atoms with Gasteiger partial charge in [0.25, 0.3) is 0 Å². The van der Waals surface area contributed by atoms with E-state index in [1.807, 2.05) is 0 Å². The van der Waals surface area contributed by atoms with Gasteiger partial charge in [-0.05, 0) is 24.3 Å². The summed E-state index contributed by atoms with van der Waals surface area (Å²) in [6, 6.07) is 7.75. The number of hydrogen-bond acceptors (Lipinski definition) is 4. The summed E-state index contributed by atoms with van der Waals surface area (Å²) < 4.78 is 19.0. The number of carboxylic acids is 1. The van der Waals surface area contributed by atoms with Crippen molar-refractivity contribution in [3.05, 3.63) is 53.3 Å². The molecule has 0 radical (unpaired) electrons. The van der Waals surface area contributed by atoms with Gasteiger partial charge < -0.3 is 21.3 Å². The molecule has 2 aromatic carbocycles. The number of benzene rings is 2. The van der Waals surface area contributed by atoms with E-state index >= 15 is 0 Å². The fourth-order valence-corrected chi connectivity index (χ4v) is 1.66. The number of hydrogen-bond donors (Lipinski definition) is 3. The third-order valence-electron chi connectivity index (χ3n) is 2.68. The third kappa shape index (κ3) is 3.08. The summed E-state index contributed by atoms with van der Waals surface area (Å²) in [5, 5.41) is 8.78. The molecule has 5 N–H and O–H groups in total. The lowest BCUT2D eigenvalue weighted by atomic mass is 10.1. The van der Waals surface area contributed by atoms with Crippen molar-refractivity contribution >= 4 is 17.6 Å². The topological polar surface area (TPSA) is 116 Å². The monoisotopic (exact) mass is 290 g/mol. The Balaban J connectivity index is 2.36. The molecule has 2 rings (SSSR count). The standard InChI is InChI=1S/C14H11FN2O4/c15-10-6-12(11(16)5-9(10)14(19)20)21-8-3-1-2-7(4-8)13(17)18/h1-6H,16H2,(H2,17,18)(H,19,20). The number of halogens is 1. The number of rotatable bonds is 4. The predicted molar refractivity (Wildman–Crippen MR) is 72.8 cm³/mol. The minimum atomic E-state index is -1.43. The summed E-state index contributed by atoms with van der Waals surface area (Å²) in [5.41, 5.74) is 10.4. The molecule has 0 heterocycles. The fourth-order valence-electron chi connectivity index (χ4n) is 1.66. The molecule has 0 saturated carbocycles. The molecule has 2 aromatic rings. The minimum Gasteiger partial charge on any atom is -0.478 e. The highest BCUT2D eigenvalue weighted by Gasteiger charge is 2.15. The highest BCUT2D eigenvalue weighted by atomic mass is 19.1. The lowest BCUT2D eigenvalue weighted by Gasteiger charge is -2.10. The maximum atomic E-state index is 13.6. The van der Waals surface area contributed by atoms with Gasteiger partial charge in [0.05, 0.1) is 11.3 Å². The van der Waals surface area contributed by atoms with E-state index in [4.69, 9.17) is 21.3 Å². The van der Waals surface area contributed by atoms with Crippen LogP contribution in [0.15, 0.2) is 36.4 Å². The number of anilines is 1. The summed E-state index contributed by atoms with van der Waals surface area (Å²) in [6.45, 7) is 0. The van der Waals surface area contributed by atoms with Gasteiger partial charge in [0, 0.05) is 11.6 Å². The second kappa shape index (κ2) is 5.49. The van der Waals surface area contributed by atoms with Gasteiger partial charge in [0.2, 0.25) is 5.91 Å². The van der Waals surface area contributed by atoms with Crippen LogP contribution in [0, 0.1) is 5.82 Å². The van der Waals surface area contributed by atoms with Gasteiger partial charge in [-0.2, -0.15) is 0 Å². The van der Waals surface area contributed by atoms with Crippen molar-refractivity contribution in [3.8, 4) is 11.5 Å². The molecule has 0 atom stereocenters. The number of amides is 1. The molecule has 0 saturated heterocycles. The van der Waals surface area contributed by atoms with Crippen molar-refractivity contribution in [1.82, 2.24) is 0 Å². The second-order valence-corrected chi connectivity index (χ2v) is 4.17. The van der Waals surface area contributed by atoms with Crippen LogP contribution >= 0.6 is 0 Å². The summed E-state index contributed by atoms with van der Waals surface area (Å²) in [5.74, 6) is -2.88. The Kier molecular flexibility index (Phi) is 3.75. The highest BCUT2D eigenvalue weighted by molar-refractivity contribution is 5.93. The zero-order valence-electron chi connectivity index (χ0n) is 10.7. The van der Waals surface area contributed by atoms with Crippen LogP contribution in [0.4, 0.5) is 10.1 Å². The summed E-state index contributed by atoms with van der Waals surface area (Å²) in [4.78, 5) is 21.8. The van der Waals surface area contributed by atoms with Gasteiger partial charge in [-0.15, -0.1) is 0 Å². The lowest BCUT2D eigenvalue weighted by Crippen LogP contribution is -2.10. The van der Waals surface area contributed by atoms with Crippen LogP contribution in [-0.4, -0.2) is 17.0 Å². The Morgan fingerprint density at radius 3 is 2.52 bits per heavy atom. The molecule has 21 heavy (non-hydrogen) atoms. The Morgan fingerprint density at radius 2 is 1.90 bits per heavy atom. The first-order chi connectivity index (χ1) is 9.88. The van der Waals surface area contributed by atoms with Crippen LogP contribution in [0.3, 0.4) is 0 Å².